The lowest BCUT2D eigenvalue weighted by molar-refractivity contribution is -0.126. The van der Waals surface area contributed by atoms with Crippen molar-refractivity contribution < 1.29 is 4.79 Å². The summed E-state index contributed by atoms with van der Waals surface area (Å²) < 4.78 is 0. The highest BCUT2D eigenvalue weighted by molar-refractivity contribution is 5.79. The summed E-state index contributed by atoms with van der Waals surface area (Å²) in [6.07, 6.45) is 15.5. The minimum atomic E-state index is 0.166. The fourth-order valence-corrected chi connectivity index (χ4v) is 4.25. The van der Waals surface area contributed by atoms with Gasteiger partial charge in [0.1, 0.15) is 0 Å². The third-order valence-electron chi connectivity index (χ3n) is 6.03. The van der Waals surface area contributed by atoms with E-state index in [0.717, 1.165) is 57.7 Å². The van der Waals surface area contributed by atoms with Crippen molar-refractivity contribution >= 4 is 5.91 Å². The highest BCUT2D eigenvalue weighted by Crippen LogP contribution is 2.28. The first-order valence-electron chi connectivity index (χ1n) is 10.9. The quantitative estimate of drug-likeness (QED) is 0.436. The topological polar surface area (TPSA) is 68.2 Å². The molecule has 2 N–H and O–H groups in total. The number of rotatable bonds is 11. The van der Waals surface area contributed by atoms with Crippen LogP contribution in [0, 0.1) is 23.3 Å². The zero-order chi connectivity index (χ0) is 18.6. The van der Waals surface area contributed by atoms with Crippen LogP contribution < -0.4 is 10.6 Å². The second-order valence-electron chi connectivity index (χ2n) is 8.23. The molecule has 0 radical (unpaired) electrons. The molecule has 1 heterocycles. The Labute approximate surface area is 159 Å². The third kappa shape index (κ3) is 7.53. The molecule has 1 atom stereocenters. The van der Waals surface area contributed by atoms with Crippen molar-refractivity contribution in [1.82, 2.24) is 15.5 Å². The van der Waals surface area contributed by atoms with Crippen LogP contribution >= 0.6 is 0 Å². The van der Waals surface area contributed by atoms with E-state index in [1.807, 2.05) is 0 Å². The van der Waals surface area contributed by atoms with Gasteiger partial charge >= 0.3 is 0 Å². The summed E-state index contributed by atoms with van der Waals surface area (Å²) in [5.74, 6) is 1.13. The summed E-state index contributed by atoms with van der Waals surface area (Å²) in [6.45, 7) is 5.97. The molecule has 1 saturated carbocycles. The van der Waals surface area contributed by atoms with Crippen molar-refractivity contribution in [1.29, 1.82) is 5.26 Å². The number of unbranched alkanes of at least 4 members (excludes halogenated alkanes) is 5. The summed E-state index contributed by atoms with van der Waals surface area (Å²) in [4.78, 5) is 14.2. The van der Waals surface area contributed by atoms with Crippen molar-refractivity contribution in [3.8, 4) is 6.19 Å². The summed E-state index contributed by atoms with van der Waals surface area (Å²) in [6, 6.07) is 0.166. The largest absolute Gasteiger partial charge is 0.351 e. The second-order valence-corrected chi connectivity index (χ2v) is 8.23. The van der Waals surface area contributed by atoms with E-state index in [-0.39, 0.29) is 17.9 Å². The van der Waals surface area contributed by atoms with E-state index in [0.29, 0.717) is 6.54 Å². The molecule has 1 saturated heterocycles. The van der Waals surface area contributed by atoms with E-state index < -0.39 is 0 Å². The highest BCUT2D eigenvalue weighted by atomic mass is 16.2. The molecule has 1 aliphatic heterocycles. The maximum Gasteiger partial charge on any atom is 0.223 e. The Balaban J connectivity index is 1.49. The number of nitrogens with zero attached hydrogens (tertiary/aromatic N) is 2. The molecule has 5 heteroatoms. The molecule has 0 spiro atoms. The molecule has 0 unspecified atom stereocenters. The molecule has 0 aromatic rings. The lowest BCUT2D eigenvalue weighted by Crippen LogP contribution is -2.41. The second kappa shape index (κ2) is 12.2. The van der Waals surface area contributed by atoms with Gasteiger partial charge in [0, 0.05) is 25.0 Å². The Morgan fingerprint density at radius 2 is 1.81 bits per heavy atom. The molecule has 1 aliphatic carbocycles. The molecule has 26 heavy (non-hydrogen) atoms. The predicted octanol–water partition coefficient (Wildman–Crippen LogP) is 3.41. The van der Waals surface area contributed by atoms with Gasteiger partial charge in [0.2, 0.25) is 5.91 Å². The Kier molecular flexibility index (Phi) is 9.84. The molecular formula is C21H38N4O. The average molecular weight is 363 g/mol. The standard InChI is InChI=1S/C21H38N4O/c1-2-3-4-5-6-7-13-23-15-18-8-10-19(11-9-18)21(26)24-20-12-14-25(16-20)17-22/h18-20,23H,2-16H2,1H3,(H,24,26)/t18?,19?,20-/m1/s1. The van der Waals surface area contributed by atoms with Crippen molar-refractivity contribution in [3.63, 3.8) is 0 Å². The van der Waals surface area contributed by atoms with Gasteiger partial charge in [0.05, 0.1) is 0 Å². The van der Waals surface area contributed by atoms with E-state index in [2.05, 4.69) is 23.8 Å². The fraction of sp³-hybridized carbons (Fsp3) is 0.905. The van der Waals surface area contributed by atoms with Crippen LogP contribution in [0.4, 0.5) is 0 Å². The van der Waals surface area contributed by atoms with Crippen molar-refractivity contribution in [2.24, 2.45) is 11.8 Å². The van der Waals surface area contributed by atoms with Gasteiger partial charge in [-0.1, -0.05) is 39.0 Å². The maximum absolute atomic E-state index is 12.4. The number of likely N-dealkylation sites (tertiary alicyclic amines) is 1. The molecule has 0 aromatic heterocycles. The van der Waals surface area contributed by atoms with Gasteiger partial charge in [0.25, 0.3) is 0 Å². The highest BCUT2D eigenvalue weighted by Gasteiger charge is 2.29. The maximum atomic E-state index is 12.4. The van der Waals surface area contributed by atoms with Gasteiger partial charge in [-0.2, -0.15) is 5.26 Å². The summed E-state index contributed by atoms with van der Waals surface area (Å²) >= 11 is 0. The van der Waals surface area contributed by atoms with E-state index in [9.17, 15) is 4.79 Å². The Morgan fingerprint density at radius 3 is 2.50 bits per heavy atom. The number of amides is 1. The van der Waals surface area contributed by atoms with Gasteiger partial charge in [-0.05, 0) is 57.5 Å². The van der Waals surface area contributed by atoms with Crippen molar-refractivity contribution in [2.45, 2.75) is 83.6 Å². The van der Waals surface area contributed by atoms with Gasteiger partial charge in [0.15, 0.2) is 6.19 Å². The number of nitrogens with one attached hydrogen (secondary N) is 2. The molecule has 0 bridgehead atoms. The molecule has 5 nitrogen and oxygen atoms in total. The van der Waals surface area contributed by atoms with Gasteiger partial charge in [-0.15, -0.1) is 0 Å². The number of nitriles is 1. The van der Waals surface area contributed by atoms with Gasteiger partial charge in [-0.25, -0.2) is 0 Å². The number of hydrogen-bond acceptors (Lipinski definition) is 4. The molecular weight excluding hydrogens is 324 g/mol. The molecule has 1 amide bonds. The van der Waals surface area contributed by atoms with E-state index in [4.69, 9.17) is 5.26 Å². The lowest BCUT2D eigenvalue weighted by atomic mass is 9.81. The fourth-order valence-electron chi connectivity index (χ4n) is 4.25. The Bertz CT molecular complexity index is 440. The number of carbonyl (C=O) groups excluding carboxylic acids is 1. The van der Waals surface area contributed by atoms with Crippen LogP contribution in [0.15, 0.2) is 0 Å². The normalized spacial score (nSPS) is 25.8. The first-order valence-corrected chi connectivity index (χ1v) is 10.9. The Morgan fingerprint density at radius 1 is 1.08 bits per heavy atom. The van der Waals surface area contributed by atoms with Crippen LogP contribution in [-0.2, 0) is 4.79 Å². The van der Waals surface area contributed by atoms with Crippen molar-refractivity contribution in [2.75, 3.05) is 26.2 Å². The monoisotopic (exact) mass is 362 g/mol. The molecule has 2 aliphatic rings. The van der Waals surface area contributed by atoms with Crippen LogP contribution in [0.1, 0.15) is 77.6 Å². The number of hydrogen-bond donors (Lipinski definition) is 2. The van der Waals surface area contributed by atoms with Gasteiger partial charge < -0.3 is 15.5 Å². The van der Waals surface area contributed by atoms with Crippen LogP contribution in [0.2, 0.25) is 0 Å². The molecule has 2 rings (SSSR count). The van der Waals surface area contributed by atoms with E-state index in [1.165, 1.54) is 38.5 Å². The summed E-state index contributed by atoms with van der Waals surface area (Å²) in [7, 11) is 0. The summed E-state index contributed by atoms with van der Waals surface area (Å²) in [5, 5.41) is 15.7. The van der Waals surface area contributed by atoms with Crippen LogP contribution in [0.5, 0.6) is 0 Å². The smallest absolute Gasteiger partial charge is 0.223 e. The molecule has 148 valence electrons. The number of carbonyl (C=O) groups is 1. The first-order chi connectivity index (χ1) is 12.7. The van der Waals surface area contributed by atoms with Crippen molar-refractivity contribution in [3.05, 3.63) is 0 Å². The average Bonchev–Trinajstić information content (AvgIpc) is 3.12. The minimum Gasteiger partial charge on any atom is -0.351 e. The van der Waals surface area contributed by atoms with Crippen LogP contribution in [-0.4, -0.2) is 43.0 Å². The molecule has 0 aromatic carbocycles. The third-order valence-corrected chi connectivity index (χ3v) is 6.03. The SMILES string of the molecule is CCCCCCCCNCC1CCC(C(=O)N[C@@H]2CCN(C#N)C2)CC1. The molecule has 2 fully saturated rings. The van der Waals surface area contributed by atoms with E-state index >= 15 is 0 Å². The summed E-state index contributed by atoms with van der Waals surface area (Å²) in [5.41, 5.74) is 0. The zero-order valence-electron chi connectivity index (χ0n) is 16.6. The lowest BCUT2D eigenvalue weighted by Gasteiger charge is -2.28. The van der Waals surface area contributed by atoms with Gasteiger partial charge in [-0.3, -0.25) is 4.79 Å². The van der Waals surface area contributed by atoms with Crippen LogP contribution in [0.25, 0.3) is 0 Å². The van der Waals surface area contributed by atoms with E-state index in [1.54, 1.807) is 4.90 Å². The van der Waals surface area contributed by atoms with Crippen LogP contribution in [0.3, 0.4) is 0 Å². The zero-order valence-corrected chi connectivity index (χ0v) is 16.6. The first kappa shape index (κ1) is 21.0. The minimum absolute atomic E-state index is 0.166. The Hall–Kier alpha value is -1.28. The predicted molar refractivity (Wildman–Crippen MR) is 105 cm³/mol.